The minimum atomic E-state index is -0.622. The van der Waals surface area contributed by atoms with Crippen LogP contribution in [0, 0.1) is 10.1 Å². The highest BCUT2D eigenvalue weighted by Gasteiger charge is 2.19. The summed E-state index contributed by atoms with van der Waals surface area (Å²) in [6, 6.07) is 8.59. The van der Waals surface area contributed by atoms with Crippen molar-refractivity contribution in [2.24, 2.45) is 0 Å². The molecule has 0 heterocycles. The van der Waals surface area contributed by atoms with Gasteiger partial charge in [-0.25, -0.2) is 4.79 Å². The quantitative estimate of drug-likeness (QED) is 0.312. The molecule has 1 amide bonds. The lowest BCUT2D eigenvalue weighted by molar-refractivity contribution is -0.384. The van der Waals surface area contributed by atoms with Crippen molar-refractivity contribution in [2.45, 2.75) is 6.92 Å². The number of non-ortho nitro benzene ring substituents is 1. The molecular weight excluding hydrogens is 380 g/mol. The molecule has 9 heteroatoms. The van der Waals surface area contributed by atoms with Crippen molar-refractivity contribution in [1.29, 1.82) is 0 Å². The zero-order valence-electron chi connectivity index (χ0n) is 16.1. The number of nitro groups is 1. The zero-order chi connectivity index (χ0) is 21.4. The fraction of sp³-hybridized carbons (Fsp3) is 0.200. The number of hydrogen-bond donors (Lipinski definition) is 1. The van der Waals surface area contributed by atoms with Crippen LogP contribution in [0.5, 0.6) is 11.5 Å². The van der Waals surface area contributed by atoms with E-state index in [4.69, 9.17) is 14.2 Å². The van der Waals surface area contributed by atoms with Gasteiger partial charge in [-0.15, -0.1) is 0 Å². The molecule has 0 fully saturated rings. The summed E-state index contributed by atoms with van der Waals surface area (Å²) in [4.78, 5) is 34.7. The van der Waals surface area contributed by atoms with Crippen LogP contribution in [0.4, 0.5) is 11.4 Å². The molecule has 0 unspecified atom stereocenters. The average Bonchev–Trinajstić information content (AvgIpc) is 2.72. The van der Waals surface area contributed by atoms with Crippen LogP contribution in [0.15, 0.2) is 42.5 Å². The summed E-state index contributed by atoms with van der Waals surface area (Å²) >= 11 is 0. The first-order valence-corrected chi connectivity index (χ1v) is 8.56. The summed E-state index contributed by atoms with van der Waals surface area (Å²) in [6.45, 7) is 1.84. The minimum absolute atomic E-state index is 0.0454. The maximum absolute atomic E-state index is 12.3. The Bertz CT molecular complexity index is 937. The molecule has 0 saturated heterocycles. The molecule has 1 N–H and O–H groups in total. The van der Waals surface area contributed by atoms with Gasteiger partial charge in [0.1, 0.15) is 0 Å². The van der Waals surface area contributed by atoms with Crippen LogP contribution in [0.2, 0.25) is 0 Å². The largest absolute Gasteiger partial charge is 0.493 e. The van der Waals surface area contributed by atoms with Gasteiger partial charge in [0.15, 0.2) is 11.5 Å². The summed E-state index contributed by atoms with van der Waals surface area (Å²) in [5, 5.41) is 13.3. The number of nitrogens with one attached hydrogen (secondary N) is 1. The molecule has 0 aliphatic rings. The fourth-order valence-electron chi connectivity index (χ4n) is 2.41. The molecule has 0 aliphatic heterocycles. The Balaban J connectivity index is 2.25. The Hall–Kier alpha value is -3.88. The van der Waals surface area contributed by atoms with E-state index in [0.29, 0.717) is 17.1 Å². The molecule has 0 aromatic heterocycles. The Morgan fingerprint density at radius 3 is 2.28 bits per heavy atom. The van der Waals surface area contributed by atoms with Gasteiger partial charge in [-0.05, 0) is 30.7 Å². The van der Waals surface area contributed by atoms with Gasteiger partial charge in [-0.2, -0.15) is 0 Å². The normalized spacial score (nSPS) is 10.4. The van der Waals surface area contributed by atoms with Crippen molar-refractivity contribution in [3.05, 3.63) is 63.7 Å². The Kier molecular flexibility index (Phi) is 7.30. The first-order chi connectivity index (χ1) is 13.9. The van der Waals surface area contributed by atoms with Gasteiger partial charge in [0, 0.05) is 30.3 Å². The van der Waals surface area contributed by atoms with Crippen molar-refractivity contribution in [1.82, 2.24) is 0 Å². The lowest BCUT2D eigenvalue weighted by atomic mass is 10.1. The highest BCUT2D eigenvalue weighted by Crippen LogP contribution is 2.33. The summed E-state index contributed by atoms with van der Waals surface area (Å²) in [7, 11) is 2.86. The molecule has 9 nitrogen and oxygen atoms in total. The van der Waals surface area contributed by atoms with Crippen molar-refractivity contribution in [3.63, 3.8) is 0 Å². The fourth-order valence-corrected chi connectivity index (χ4v) is 2.41. The van der Waals surface area contributed by atoms with Gasteiger partial charge in [0.2, 0.25) is 5.91 Å². The second kappa shape index (κ2) is 9.88. The second-order valence-electron chi connectivity index (χ2n) is 5.64. The summed E-state index contributed by atoms with van der Waals surface area (Å²) in [6.07, 6.45) is 2.73. The molecule has 2 rings (SSSR count). The number of rotatable bonds is 8. The smallest absolute Gasteiger partial charge is 0.340 e. The molecule has 2 aromatic rings. The van der Waals surface area contributed by atoms with Crippen LogP contribution in [-0.2, 0) is 9.53 Å². The van der Waals surface area contributed by atoms with Gasteiger partial charge in [0.05, 0.1) is 37.0 Å². The van der Waals surface area contributed by atoms with Gasteiger partial charge < -0.3 is 19.5 Å². The number of benzene rings is 2. The number of nitro benzene ring substituents is 1. The van der Waals surface area contributed by atoms with Gasteiger partial charge in [-0.3, -0.25) is 14.9 Å². The number of nitrogens with zero attached hydrogens (tertiary/aromatic N) is 1. The van der Waals surface area contributed by atoms with Crippen molar-refractivity contribution < 1.29 is 28.7 Å². The van der Waals surface area contributed by atoms with E-state index in [0.717, 1.165) is 0 Å². The van der Waals surface area contributed by atoms with E-state index in [1.54, 1.807) is 6.92 Å². The third kappa shape index (κ3) is 5.55. The third-order valence-electron chi connectivity index (χ3n) is 3.81. The van der Waals surface area contributed by atoms with Crippen LogP contribution in [0.25, 0.3) is 6.08 Å². The lowest BCUT2D eigenvalue weighted by Gasteiger charge is -2.14. The molecule has 2 aromatic carbocycles. The molecule has 152 valence electrons. The number of hydrogen-bond acceptors (Lipinski definition) is 7. The van der Waals surface area contributed by atoms with E-state index in [1.807, 2.05) is 0 Å². The number of amides is 1. The van der Waals surface area contributed by atoms with E-state index >= 15 is 0 Å². The molecule has 0 radical (unpaired) electrons. The Morgan fingerprint density at radius 2 is 1.72 bits per heavy atom. The maximum atomic E-state index is 12.3. The monoisotopic (exact) mass is 400 g/mol. The molecular formula is C20H20N2O7. The first-order valence-electron chi connectivity index (χ1n) is 8.56. The highest BCUT2D eigenvalue weighted by atomic mass is 16.6. The van der Waals surface area contributed by atoms with Crippen molar-refractivity contribution >= 4 is 29.3 Å². The number of ether oxygens (including phenoxy) is 3. The van der Waals surface area contributed by atoms with E-state index in [9.17, 15) is 19.7 Å². The summed E-state index contributed by atoms with van der Waals surface area (Å²) in [5.74, 6) is -0.491. The van der Waals surface area contributed by atoms with Crippen molar-refractivity contribution in [2.75, 3.05) is 26.1 Å². The number of anilines is 1. The predicted molar refractivity (Wildman–Crippen MR) is 106 cm³/mol. The Morgan fingerprint density at radius 1 is 1.10 bits per heavy atom. The van der Waals surface area contributed by atoms with Crippen molar-refractivity contribution in [3.8, 4) is 11.5 Å². The minimum Gasteiger partial charge on any atom is -0.493 e. The maximum Gasteiger partial charge on any atom is 0.340 e. The van der Waals surface area contributed by atoms with Gasteiger partial charge >= 0.3 is 5.97 Å². The molecule has 0 aliphatic carbocycles. The lowest BCUT2D eigenvalue weighted by Crippen LogP contribution is -2.14. The summed E-state index contributed by atoms with van der Waals surface area (Å²) < 4.78 is 15.4. The molecule has 0 spiro atoms. The molecule has 0 bridgehead atoms. The summed E-state index contributed by atoms with van der Waals surface area (Å²) in [5.41, 5.74) is 0.862. The van der Waals surface area contributed by atoms with E-state index in [-0.39, 0.29) is 23.5 Å². The van der Waals surface area contributed by atoms with Crippen LogP contribution >= 0.6 is 0 Å². The zero-order valence-corrected chi connectivity index (χ0v) is 16.1. The van der Waals surface area contributed by atoms with Crippen LogP contribution in [0.1, 0.15) is 22.8 Å². The van der Waals surface area contributed by atoms with Gasteiger partial charge in [0.25, 0.3) is 5.69 Å². The molecule has 29 heavy (non-hydrogen) atoms. The number of methoxy groups -OCH3 is 2. The predicted octanol–water partition coefficient (Wildman–Crippen LogP) is 3.44. The van der Waals surface area contributed by atoms with Gasteiger partial charge in [-0.1, -0.05) is 0 Å². The first kappa shape index (κ1) is 21.4. The SMILES string of the molecule is CCOC(=O)c1cc(OC)c(OC)cc1NC(=O)/C=C/c1ccc([N+](=O)[O-])cc1. The van der Waals surface area contributed by atoms with E-state index in [1.165, 1.54) is 62.8 Å². The van der Waals surface area contributed by atoms with E-state index < -0.39 is 16.8 Å². The second-order valence-corrected chi connectivity index (χ2v) is 5.64. The number of carbonyl (C=O) groups is 2. The third-order valence-corrected chi connectivity index (χ3v) is 3.81. The van der Waals surface area contributed by atoms with Crippen LogP contribution in [0.3, 0.4) is 0 Å². The molecule has 0 atom stereocenters. The average molecular weight is 400 g/mol. The van der Waals surface area contributed by atoms with Crippen LogP contribution in [-0.4, -0.2) is 37.6 Å². The van der Waals surface area contributed by atoms with E-state index in [2.05, 4.69) is 5.32 Å². The number of esters is 1. The standard InChI is InChI=1S/C20H20N2O7/c1-4-29-20(24)15-11-17(27-2)18(28-3)12-16(15)21-19(23)10-7-13-5-8-14(9-6-13)22(25)26/h5-12H,4H2,1-3H3,(H,21,23)/b10-7+. The highest BCUT2D eigenvalue weighted by molar-refractivity contribution is 6.07. The molecule has 0 saturated carbocycles. The number of carbonyl (C=O) groups excluding carboxylic acids is 2. The Labute approximate surface area is 167 Å². The topological polar surface area (TPSA) is 117 Å². The van der Waals surface area contributed by atoms with Crippen LogP contribution < -0.4 is 14.8 Å².